The first kappa shape index (κ1) is 10.8. The standard InChI is InChI=1S/C8H7ClF2N2O/c1-3-5(8(12)14)4(7(10)11)2-13-6(3)9/h2,7H,1H3,(H2,12,14). The highest BCUT2D eigenvalue weighted by atomic mass is 35.5. The third-order valence-electron chi connectivity index (χ3n) is 1.77. The molecule has 0 saturated carbocycles. The Morgan fingerprint density at radius 3 is 2.64 bits per heavy atom. The molecular weight excluding hydrogens is 214 g/mol. The average Bonchev–Trinajstić information content (AvgIpc) is 2.08. The first-order valence-electron chi connectivity index (χ1n) is 3.68. The number of alkyl halides is 2. The second-order valence-corrected chi connectivity index (χ2v) is 3.03. The predicted octanol–water partition coefficient (Wildman–Crippen LogP) is 2.08. The van der Waals surface area contributed by atoms with E-state index in [0.29, 0.717) is 0 Å². The summed E-state index contributed by atoms with van der Waals surface area (Å²) < 4.78 is 24.8. The molecule has 0 unspecified atom stereocenters. The van der Waals surface area contributed by atoms with Gasteiger partial charge in [-0.3, -0.25) is 4.79 Å². The number of rotatable bonds is 2. The number of amides is 1. The summed E-state index contributed by atoms with van der Waals surface area (Å²) in [6.07, 6.45) is -1.93. The number of carbonyl (C=O) groups excluding carboxylic acids is 1. The van der Waals surface area contributed by atoms with E-state index in [2.05, 4.69) is 4.98 Å². The minimum Gasteiger partial charge on any atom is -0.366 e. The zero-order valence-electron chi connectivity index (χ0n) is 7.22. The van der Waals surface area contributed by atoms with Crippen molar-refractivity contribution < 1.29 is 13.6 Å². The molecule has 1 aromatic heterocycles. The van der Waals surface area contributed by atoms with Gasteiger partial charge in [0.25, 0.3) is 6.43 Å². The molecule has 76 valence electrons. The lowest BCUT2D eigenvalue weighted by atomic mass is 10.1. The zero-order chi connectivity index (χ0) is 10.9. The van der Waals surface area contributed by atoms with Gasteiger partial charge in [-0.2, -0.15) is 0 Å². The van der Waals surface area contributed by atoms with Crippen molar-refractivity contribution in [1.29, 1.82) is 0 Å². The summed E-state index contributed by atoms with van der Waals surface area (Å²) in [5.41, 5.74) is 4.40. The Morgan fingerprint density at radius 1 is 1.64 bits per heavy atom. The van der Waals surface area contributed by atoms with Gasteiger partial charge in [0, 0.05) is 11.8 Å². The van der Waals surface area contributed by atoms with Crippen LogP contribution in [0, 0.1) is 6.92 Å². The van der Waals surface area contributed by atoms with Gasteiger partial charge < -0.3 is 5.73 Å². The van der Waals surface area contributed by atoms with Crippen LogP contribution in [0.2, 0.25) is 5.15 Å². The lowest BCUT2D eigenvalue weighted by molar-refractivity contribution is 0.0985. The van der Waals surface area contributed by atoms with Gasteiger partial charge in [-0.1, -0.05) is 11.6 Å². The number of nitrogens with zero attached hydrogens (tertiary/aromatic N) is 1. The van der Waals surface area contributed by atoms with Crippen LogP contribution in [0.3, 0.4) is 0 Å². The smallest absolute Gasteiger partial charge is 0.266 e. The zero-order valence-corrected chi connectivity index (χ0v) is 7.98. The summed E-state index contributed by atoms with van der Waals surface area (Å²) in [4.78, 5) is 14.4. The van der Waals surface area contributed by atoms with Crippen LogP contribution in [0.5, 0.6) is 0 Å². The minimum absolute atomic E-state index is 0.00296. The summed E-state index contributed by atoms with van der Waals surface area (Å²) in [5.74, 6) is -0.929. The number of hydrogen-bond donors (Lipinski definition) is 1. The van der Waals surface area contributed by atoms with Crippen LogP contribution in [0.4, 0.5) is 8.78 Å². The van der Waals surface area contributed by atoms with E-state index in [9.17, 15) is 13.6 Å². The largest absolute Gasteiger partial charge is 0.366 e. The second-order valence-electron chi connectivity index (χ2n) is 2.67. The number of primary amides is 1. The number of nitrogens with two attached hydrogens (primary N) is 1. The minimum atomic E-state index is -2.79. The highest BCUT2D eigenvalue weighted by Gasteiger charge is 2.20. The molecule has 0 fully saturated rings. The molecule has 0 aliphatic carbocycles. The molecule has 0 bridgehead atoms. The lowest BCUT2D eigenvalue weighted by Crippen LogP contribution is -2.16. The normalized spacial score (nSPS) is 10.6. The molecule has 3 nitrogen and oxygen atoms in total. The summed E-state index contributed by atoms with van der Waals surface area (Å²) in [7, 11) is 0. The topological polar surface area (TPSA) is 56.0 Å². The maximum atomic E-state index is 12.4. The molecule has 1 rings (SSSR count). The van der Waals surface area contributed by atoms with Gasteiger partial charge in [0.2, 0.25) is 5.91 Å². The number of hydrogen-bond acceptors (Lipinski definition) is 2. The Hall–Kier alpha value is -1.23. The fourth-order valence-corrected chi connectivity index (χ4v) is 1.24. The number of carbonyl (C=O) groups is 1. The molecule has 0 saturated heterocycles. The first-order valence-corrected chi connectivity index (χ1v) is 4.06. The van der Waals surface area contributed by atoms with Crippen LogP contribution >= 0.6 is 11.6 Å². The van der Waals surface area contributed by atoms with Crippen molar-refractivity contribution >= 4 is 17.5 Å². The van der Waals surface area contributed by atoms with Crippen LogP contribution < -0.4 is 5.73 Å². The van der Waals surface area contributed by atoms with Crippen LogP contribution in [-0.4, -0.2) is 10.9 Å². The molecule has 2 N–H and O–H groups in total. The lowest BCUT2D eigenvalue weighted by Gasteiger charge is -2.08. The summed E-state index contributed by atoms with van der Waals surface area (Å²) >= 11 is 5.57. The van der Waals surface area contributed by atoms with E-state index in [-0.39, 0.29) is 16.3 Å². The van der Waals surface area contributed by atoms with Crippen LogP contribution in [0.15, 0.2) is 6.20 Å². The van der Waals surface area contributed by atoms with Gasteiger partial charge in [0.15, 0.2) is 0 Å². The average molecular weight is 221 g/mol. The highest BCUT2D eigenvalue weighted by molar-refractivity contribution is 6.30. The summed E-state index contributed by atoms with van der Waals surface area (Å²) in [5, 5.41) is 0.00296. The van der Waals surface area contributed by atoms with E-state index in [1.807, 2.05) is 0 Å². The molecule has 14 heavy (non-hydrogen) atoms. The fourth-order valence-electron chi connectivity index (χ4n) is 1.10. The van der Waals surface area contributed by atoms with Crippen molar-refractivity contribution in [3.05, 3.63) is 28.0 Å². The van der Waals surface area contributed by atoms with Crippen molar-refractivity contribution in [3.8, 4) is 0 Å². The van der Waals surface area contributed by atoms with E-state index in [1.165, 1.54) is 6.92 Å². The Balaban J connectivity index is 3.45. The van der Waals surface area contributed by atoms with Crippen molar-refractivity contribution in [1.82, 2.24) is 4.98 Å². The molecule has 6 heteroatoms. The number of pyridine rings is 1. The van der Waals surface area contributed by atoms with Crippen LogP contribution in [-0.2, 0) is 0 Å². The van der Waals surface area contributed by atoms with Crippen molar-refractivity contribution in [2.75, 3.05) is 0 Å². The molecule has 1 aromatic rings. The maximum Gasteiger partial charge on any atom is 0.266 e. The molecule has 0 aliphatic rings. The van der Waals surface area contributed by atoms with Gasteiger partial charge in [-0.05, 0) is 12.5 Å². The van der Waals surface area contributed by atoms with E-state index in [4.69, 9.17) is 17.3 Å². The molecule has 0 spiro atoms. The molecule has 0 aliphatic heterocycles. The third kappa shape index (κ3) is 1.82. The van der Waals surface area contributed by atoms with E-state index in [1.54, 1.807) is 0 Å². The van der Waals surface area contributed by atoms with Gasteiger partial charge in [0.05, 0.1) is 5.56 Å². The maximum absolute atomic E-state index is 12.4. The molecule has 0 atom stereocenters. The van der Waals surface area contributed by atoms with Gasteiger partial charge >= 0.3 is 0 Å². The predicted molar refractivity (Wildman–Crippen MR) is 47.5 cm³/mol. The highest BCUT2D eigenvalue weighted by Crippen LogP contribution is 2.27. The number of halogens is 3. The first-order chi connectivity index (χ1) is 6.45. The van der Waals surface area contributed by atoms with Crippen molar-refractivity contribution in [2.45, 2.75) is 13.3 Å². The third-order valence-corrected chi connectivity index (χ3v) is 2.15. The Labute approximate surface area is 83.9 Å². The Kier molecular flexibility index (Phi) is 3.00. The number of aromatic nitrogens is 1. The van der Waals surface area contributed by atoms with Gasteiger partial charge in [0.1, 0.15) is 5.15 Å². The second kappa shape index (κ2) is 3.88. The van der Waals surface area contributed by atoms with Crippen LogP contribution in [0.25, 0.3) is 0 Å². The SMILES string of the molecule is Cc1c(Cl)ncc(C(F)F)c1C(N)=O. The van der Waals surface area contributed by atoms with Gasteiger partial charge in [-0.25, -0.2) is 13.8 Å². The monoisotopic (exact) mass is 220 g/mol. The van der Waals surface area contributed by atoms with E-state index >= 15 is 0 Å². The van der Waals surface area contributed by atoms with Crippen LogP contribution in [0.1, 0.15) is 27.9 Å². The van der Waals surface area contributed by atoms with Gasteiger partial charge in [-0.15, -0.1) is 0 Å². The molecular formula is C8H7ClF2N2O. The summed E-state index contributed by atoms with van der Waals surface area (Å²) in [6.45, 7) is 1.42. The Morgan fingerprint density at radius 2 is 2.21 bits per heavy atom. The Bertz CT molecular complexity index is 382. The molecule has 1 heterocycles. The van der Waals surface area contributed by atoms with E-state index in [0.717, 1.165) is 6.20 Å². The quantitative estimate of drug-likeness (QED) is 0.776. The van der Waals surface area contributed by atoms with E-state index < -0.39 is 17.9 Å². The molecule has 0 aromatic carbocycles. The van der Waals surface area contributed by atoms with Crippen molar-refractivity contribution in [2.24, 2.45) is 5.73 Å². The fraction of sp³-hybridized carbons (Fsp3) is 0.250. The van der Waals surface area contributed by atoms with Crippen molar-refractivity contribution in [3.63, 3.8) is 0 Å². The molecule has 1 amide bonds. The summed E-state index contributed by atoms with van der Waals surface area (Å²) in [6, 6.07) is 0. The molecule has 0 radical (unpaired) electrons.